The van der Waals surface area contributed by atoms with Crippen LogP contribution in [0.25, 0.3) is 54.6 Å². The third kappa shape index (κ3) is 3.46. The second-order valence-electron chi connectivity index (χ2n) is 11.5. The summed E-state index contributed by atoms with van der Waals surface area (Å²) in [6, 6.07) is 43.1. The normalized spacial score (nSPS) is 14.2. The number of hydrogen-bond donors (Lipinski definition) is 0. The van der Waals surface area contributed by atoms with Crippen molar-refractivity contribution in [2.45, 2.75) is 31.6 Å². The summed E-state index contributed by atoms with van der Waals surface area (Å²) < 4.78 is 13.4. The van der Waals surface area contributed by atoms with E-state index in [0.717, 1.165) is 66.3 Å². The number of para-hydroxylation sites is 4. The minimum Gasteiger partial charge on any atom is -0.455 e. The van der Waals surface area contributed by atoms with Gasteiger partial charge in [-0.1, -0.05) is 104 Å². The third-order valence-corrected chi connectivity index (χ3v) is 9.19. The maximum absolute atomic E-state index is 6.95. The fraction of sp³-hybridized carbons (Fsp3) is 0.128. The molecular weight excluding hydrogens is 514 g/mol. The highest BCUT2D eigenvalue weighted by Gasteiger charge is 2.25. The molecule has 1 saturated carbocycles. The van der Waals surface area contributed by atoms with Gasteiger partial charge in [0, 0.05) is 38.0 Å². The van der Waals surface area contributed by atoms with Crippen LogP contribution in [-0.4, -0.2) is 0 Å². The van der Waals surface area contributed by atoms with Crippen molar-refractivity contribution in [3.63, 3.8) is 0 Å². The molecule has 1 aliphatic carbocycles. The van der Waals surface area contributed by atoms with Crippen molar-refractivity contribution >= 4 is 71.7 Å². The molecule has 2 heterocycles. The number of benzene rings is 6. The lowest BCUT2D eigenvalue weighted by Crippen LogP contribution is -2.10. The lowest BCUT2D eigenvalue weighted by molar-refractivity contribution is 0.643. The zero-order valence-electron chi connectivity index (χ0n) is 23.2. The highest BCUT2D eigenvalue weighted by Crippen LogP contribution is 2.48. The largest absolute Gasteiger partial charge is 0.455 e. The molecule has 3 heteroatoms. The Morgan fingerprint density at radius 1 is 0.476 bits per heavy atom. The molecule has 0 radical (unpaired) electrons. The Bertz CT molecular complexity index is 2270. The predicted octanol–water partition coefficient (Wildman–Crippen LogP) is 11.8. The maximum Gasteiger partial charge on any atom is 0.159 e. The second-order valence-corrected chi connectivity index (χ2v) is 11.5. The smallest absolute Gasteiger partial charge is 0.159 e. The molecule has 2 aromatic heterocycles. The summed E-state index contributed by atoms with van der Waals surface area (Å²) in [6.45, 7) is 0. The van der Waals surface area contributed by atoms with Crippen molar-refractivity contribution < 1.29 is 8.83 Å². The lowest BCUT2D eigenvalue weighted by Gasteiger charge is -2.27. The first kappa shape index (κ1) is 23.7. The van der Waals surface area contributed by atoms with Gasteiger partial charge in [0.05, 0.1) is 11.4 Å². The Morgan fingerprint density at radius 2 is 1.12 bits per heavy atom. The highest BCUT2D eigenvalue weighted by atomic mass is 16.3. The molecule has 6 aromatic carbocycles. The molecule has 9 rings (SSSR count). The second kappa shape index (κ2) is 9.25. The average molecular weight is 544 g/mol. The summed E-state index contributed by atoms with van der Waals surface area (Å²) >= 11 is 0. The molecule has 1 aliphatic rings. The van der Waals surface area contributed by atoms with Gasteiger partial charge < -0.3 is 13.7 Å². The van der Waals surface area contributed by atoms with Crippen LogP contribution in [0.5, 0.6) is 0 Å². The molecule has 8 aromatic rings. The molecule has 0 atom stereocenters. The standard InChI is InChI=1S/C39H29NO2/c1-2-14-26(15-3-1)40(35-24-33-29-17-8-9-23-36(29)41-38(33)30-18-7-6-16-28(30)35)34-22-11-21-32-31-20-10-19-27(25-12-4-5-13-25)37(31)42-39(32)34/h1-3,6-11,14-25H,4-5,12-13H2. The van der Waals surface area contributed by atoms with Gasteiger partial charge in [-0.15, -0.1) is 0 Å². The van der Waals surface area contributed by atoms with Crippen LogP contribution in [-0.2, 0) is 0 Å². The molecule has 42 heavy (non-hydrogen) atoms. The molecule has 0 spiro atoms. The van der Waals surface area contributed by atoms with Crippen LogP contribution in [0.2, 0.25) is 0 Å². The molecule has 0 N–H and O–H groups in total. The first-order chi connectivity index (χ1) is 20.8. The van der Waals surface area contributed by atoms with Crippen molar-refractivity contribution in [3.8, 4) is 0 Å². The Labute approximate surface area is 243 Å². The first-order valence-corrected chi connectivity index (χ1v) is 15.0. The summed E-state index contributed by atoms with van der Waals surface area (Å²) in [5.41, 5.74) is 8.36. The van der Waals surface area contributed by atoms with Crippen LogP contribution in [0.4, 0.5) is 17.1 Å². The average Bonchev–Trinajstić information content (AvgIpc) is 3.80. The Kier molecular flexibility index (Phi) is 5.21. The van der Waals surface area contributed by atoms with Gasteiger partial charge in [-0.25, -0.2) is 0 Å². The fourth-order valence-electron chi connectivity index (χ4n) is 7.26. The van der Waals surface area contributed by atoms with Gasteiger partial charge in [0.15, 0.2) is 5.58 Å². The Morgan fingerprint density at radius 3 is 1.95 bits per heavy atom. The predicted molar refractivity (Wildman–Crippen MR) is 174 cm³/mol. The molecule has 3 nitrogen and oxygen atoms in total. The van der Waals surface area contributed by atoms with Gasteiger partial charge in [0.1, 0.15) is 16.7 Å². The number of fused-ring (bicyclic) bond motifs is 8. The van der Waals surface area contributed by atoms with Crippen LogP contribution in [0.1, 0.15) is 37.2 Å². The number of nitrogens with zero attached hydrogens (tertiary/aromatic N) is 1. The van der Waals surface area contributed by atoms with Crippen LogP contribution >= 0.6 is 0 Å². The minimum absolute atomic E-state index is 0.573. The SMILES string of the molecule is c1ccc(N(c2cc3c4ccccc4oc3c3ccccc23)c2cccc3c2oc2c(C4CCCC4)cccc23)cc1. The molecule has 202 valence electrons. The van der Waals surface area contributed by atoms with E-state index in [1.165, 1.54) is 36.6 Å². The monoisotopic (exact) mass is 543 g/mol. The molecule has 1 fully saturated rings. The quantitative estimate of drug-likeness (QED) is 0.221. The zero-order valence-corrected chi connectivity index (χ0v) is 23.2. The first-order valence-electron chi connectivity index (χ1n) is 15.0. The zero-order chi connectivity index (χ0) is 27.6. The van der Waals surface area contributed by atoms with E-state index in [1.54, 1.807) is 0 Å². The topological polar surface area (TPSA) is 29.5 Å². The number of furan rings is 2. The van der Waals surface area contributed by atoms with Crippen molar-refractivity contribution in [2.24, 2.45) is 0 Å². The molecule has 0 bridgehead atoms. The summed E-state index contributed by atoms with van der Waals surface area (Å²) in [5, 5.41) is 6.82. The molecule has 0 unspecified atom stereocenters. The van der Waals surface area contributed by atoms with E-state index in [0.29, 0.717) is 5.92 Å². The van der Waals surface area contributed by atoms with E-state index in [9.17, 15) is 0 Å². The van der Waals surface area contributed by atoms with Gasteiger partial charge in [-0.3, -0.25) is 0 Å². The summed E-state index contributed by atoms with van der Waals surface area (Å²) in [7, 11) is 0. The van der Waals surface area contributed by atoms with Crippen molar-refractivity contribution in [1.29, 1.82) is 0 Å². The molecule has 0 aliphatic heterocycles. The fourth-order valence-corrected chi connectivity index (χ4v) is 7.26. The van der Waals surface area contributed by atoms with E-state index >= 15 is 0 Å². The minimum atomic E-state index is 0.573. The van der Waals surface area contributed by atoms with Gasteiger partial charge in [-0.05, 0) is 54.7 Å². The summed E-state index contributed by atoms with van der Waals surface area (Å²) in [6.07, 6.45) is 5.08. The number of anilines is 3. The van der Waals surface area contributed by atoms with Crippen LogP contribution in [0, 0.1) is 0 Å². The van der Waals surface area contributed by atoms with E-state index in [1.807, 2.05) is 6.07 Å². The number of hydrogen-bond acceptors (Lipinski definition) is 3. The third-order valence-electron chi connectivity index (χ3n) is 9.19. The van der Waals surface area contributed by atoms with Crippen molar-refractivity contribution in [2.75, 3.05) is 4.90 Å². The van der Waals surface area contributed by atoms with E-state index in [2.05, 4.69) is 120 Å². The highest BCUT2D eigenvalue weighted by molar-refractivity contribution is 6.20. The van der Waals surface area contributed by atoms with Crippen LogP contribution in [0.15, 0.2) is 130 Å². The van der Waals surface area contributed by atoms with E-state index < -0.39 is 0 Å². The van der Waals surface area contributed by atoms with Crippen LogP contribution in [0.3, 0.4) is 0 Å². The van der Waals surface area contributed by atoms with E-state index in [-0.39, 0.29) is 0 Å². The summed E-state index contributed by atoms with van der Waals surface area (Å²) in [4.78, 5) is 2.36. The van der Waals surface area contributed by atoms with Crippen molar-refractivity contribution in [3.05, 3.63) is 127 Å². The van der Waals surface area contributed by atoms with Crippen molar-refractivity contribution in [1.82, 2.24) is 0 Å². The Balaban J connectivity index is 1.38. The lowest BCUT2D eigenvalue weighted by atomic mass is 9.95. The maximum atomic E-state index is 6.95. The van der Waals surface area contributed by atoms with Gasteiger partial charge in [0.25, 0.3) is 0 Å². The van der Waals surface area contributed by atoms with Gasteiger partial charge in [0.2, 0.25) is 0 Å². The molecule has 0 amide bonds. The van der Waals surface area contributed by atoms with Crippen LogP contribution < -0.4 is 4.90 Å². The van der Waals surface area contributed by atoms with Gasteiger partial charge in [-0.2, -0.15) is 0 Å². The Hall–Kier alpha value is -5.02. The number of rotatable bonds is 4. The molecular formula is C39H29NO2. The van der Waals surface area contributed by atoms with Gasteiger partial charge >= 0.3 is 0 Å². The molecule has 0 saturated heterocycles. The summed E-state index contributed by atoms with van der Waals surface area (Å²) in [5.74, 6) is 0.573. The van der Waals surface area contributed by atoms with E-state index in [4.69, 9.17) is 8.83 Å².